The summed E-state index contributed by atoms with van der Waals surface area (Å²) in [5, 5.41) is 12.0. The minimum absolute atomic E-state index is 0.0448. The molecule has 0 amide bonds. The Morgan fingerprint density at radius 1 is 1.00 bits per heavy atom. The Labute approximate surface area is 146 Å². The van der Waals surface area contributed by atoms with Crippen LogP contribution in [0.2, 0.25) is 5.04 Å². The monoisotopic (exact) mass is 340 g/mol. The molecule has 2 rings (SSSR count). The van der Waals surface area contributed by atoms with Crippen LogP contribution in [0.5, 0.6) is 0 Å². The largest absolute Gasteiger partial charge is 0.407 e. The van der Waals surface area contributed by atoms with Gasteiger partial charge in [0.15, 0.2) is 0 Å². The summed E-state index contributed by atoms with van der Waals surface area (Å²) in [6.45, 7) is 11.1. The molecule has 2 nitrogen and oxygen atoms in total. The molecule has 0 radical (unpaired) electrons. The molecule has 128 valence electrons. The average Bonchev–Trinajstić information content (AvgIpc) is 2.59. The maximum absolute atomic E-state index is 9.53. The van der Waals surface area contributed by atoms with Crippen molar-refractivity contribution in [1.29, 1.82) is 0 Å². The van der Waals surface area contributed by atoms with Gasteiger partial charge in [-0.2, -0.15) is 0 Å². The molecule has 0 bridgehead atoms. The molecule has 0 aliphatic carbocycles. The Morgan fingerprint density at radius 2 is 1.46 bits per heavy atom. The molecule has 2 aromatic carbocycles. The van der Waals surface area contributed by atoms with Crippen LogP contribution in [0, 0.1) is 5.92 Å². The quantitative estimate of drug-likeness (QED) is 0.619. The van der Waals surface area contributed by atoms with Gasteiger partial charge in [0.2, 0.25) is 0 Å². The molecule has 0 heterocycles. The lowest BCUT2D eigenvalue weighted by molar-refractivity contribution is 0.184. The van der Waals surface area contributed by atoms with Gasteiger partial charge in [0.25, 0.3) is 8.32 Å². The van der Waals surface area contributed by atoms with Crippen molar-refractivity contribution >= 4 is 18.7 Å². The second-order valence-electron chi connectivity index (χ2n) is 7.15. The first-order chi connectivity index (χ1) is 11.5. The zero-order valence-electron chi connectivity index (χ0n) is 14.9. The Hall–Kier alpha value is -1.68. The Morgan fingerprint density at radius 3 is 1.79 bits per heavy atom. The molecule has 0 saturated heterocycles. The predicted octanol–water partition coefficient (Wildman–Crippen LogP) is 3.36. The Kier molecular flexibility index (Phi) is 6.16. The lowest BCUT2D eigenvalue weighted by Gasteiger charge is -2.43. The third-order valence-corrected chi connectivity index (χ3v) is 9.50. The van der Waals surface area contributed by atoms with Gasteiger partial charge in [0.1, 0.15) is 0 Å². The van der Waals surface area contributed by atoms with Crippen LogP contribution in [0.4, 0.5) is 0 Å². The normalized spacial score (nSPS) is 13.5. The molecular formula is C21H28O2Si. The van der Waals surface area contributed by atoms with E-state index in [0.29, 0.717) is 6.61 Å². The van der Waals surface area contributed by atoms with E-state index < -0.39 is 8.32 Å². The second-order valence-corrected chi connectivity index (χ2v) is 11.5. The smallest absolute Gasteiger partial charge is 0.261 e. The van der Waals surface area contributed by atoms with Gasteiger partial charge in [0, 0.05) is 12.5 Å². The highest BCUT2D eigenvalue weighted by atomic mass is 28.4. The van der Waals surface area contributed by atoms with Crippen LogP contribution in [0.25, 0.3) is 0 Å². The van der Waals surface area contributed by atoms with Crippen LogP contribution >= 0.6 is 0 Å². The third kappa shape index (κ3) is 3.69. The summed E-state index contributed by atoms with van der Waals surface area (Å²) in [6.07, 6.45) is 1.78. The van der Waals surface area contributed by atoms with Gasteiger partial charge < -0.3 is 9.53 Å². The fourth-order valence-corrected chi connectivity index (χ4v) is 7.81. The molecule has 0 aliphatic heterocycles. The van der Waals surface area contributed by atoms with Crippen LogP contribution in [0.1, 0.15) is 20.8 Å². The van der Waals surface area contributed by atoms with Crippen LogP contribution in [-0.2, 0) is 4.43 Å². The topological polar surface area (TPSA) is 29.5 Å². The van der Waals surface area contributed by atoms with E-state index in [0.717, 1.165) is 0 Å². The van der Waals surface area contributed by atoms with Crippen molar-refractivity contribution in [2.24, 2.45) is 5.92 Å². The van der Waals surface area contributed by atoms with Crippen molar-refractivity contribution in [3.05, 3.63) is 73.3 Å². The maximum Gasteiger partial charge on any atom is 0.261 e. The number of hydrogen-bond donors (Lipinski definition) is 1. The molecule has 1 unspecified atom stereocenters. The van der Waals surface area contributed by atoms with E-state index in [1.54, 1.807) is 6.08 Å². The molecular weight excluding hydrogens is 312 g/mol. The van der Waals surface area contributed by atoms with Gasteiger partial charge in [-0.05, 0) is 15.4 Å². The zero-order valence-corrected chi connectivity index (χ0v) is 15.9. The van der Waals surface area contributed by atoms with Gasteiger partial charge in [0.05, 0.1) is 6.61 Å². The SMILES string of the molecule is C=CC(CO)CO[Si](c1ccccc1)(c1ccccc1)C(C)(C)C. The summed E-state index contributed by atoms with van der Waals surface area (Å²) in [6, 6.07) is 21.1. The summed E-state index contributed by atoms with van der Waals surface area (Å²) in [5.74, 6) is -0.0494. The lowest BCUT2D eigenvalue weighted by atomic mass is 10.2. The second kappa shape index (κ2) is 7.93. The van der Waals surface area contributed by atoms with E-state index in [4.69, 9.17) is 4.43 Å². The molecule has 24 heavy (non-hydrogen) atoms. The third-order valence-electron chi connectivity index (χ3n) is 4.50. The first-order valence-corrected chi connectivity index (χ1v) is 10.3. The van der Waals surface area contributed by atoms with E-state index in [2.05, 4.69) is 75.9 Å². The Bertz CT molecular complexity index is 592. The summed E-state index contributed by atoms with van der Waals surface area (Å²) < 4.78 is 6.72. The van der Waals surface area contributed by atoms with Crippen molar-refractivity contribution in [3.8, 4) is 0 Å². The van der Waals surface area contributed by atoms with E-state index in [9.17, 15) is 5.11 Å². The molecule has 1 N–H and O–H groups in total. The summed E-state index contributed by atoms with van der Waals surface area (Å²) in [4.78, 5) is 0. The first kappa shape index (κ1) is 18.7. The number of aliphatic hydroxyl groups excluding tert-OH is 1. The Balaban J connectivity index is 2.59. The summed E-state index contributed by atoms with van der Waals surface area (Å²) in [5.41, 5.74) is 0. The minimum Gasteiger partial charge on any atom is -0.407 e. The van der Waals surface area contributed by atoms with E-state index >= 15 is 0 Å². The summed E-state index contributed by atoms with van der Waals surface area (Å²) >= 11 is 0. The highest BCUT2D eigenvalue weighted by molar-refractivity contribution is 6.99. The molecule has 1 atom stereocenters. The van der Waals surface area contributed by atoms with Crippen molar-refractivity contribution in [2.75, 3.05) is 13.2 Å². The van der Waals surface area contributed by atoms with Gasteiger partial charge in [-0.1, -0.05) is 87.5 Å². The molecule has 0 fully saturated rings. The maximum atomic E-state index is 9.53. The molecule has 0 aliphatic rings. The highest BCUT2D eigenvalue weighted by Crippen LogP contribution is 2.37. The minimum atomic E-state index is -2.50. The lowest BCUT2D eigenvalue weighted by Crippen LogP contribution is -2.66. The van der Waals surface area contributed by atoms with Crippen LogP contribution in [-0.4, -0.2) is 26.6 Å². The fourth-order valence-electron chi connectivity index (χ4n) is 3.19. The van der Waals surface area contributed by atoms with Crippen molar-refractivity contribution in [3.63, 3.8) is 0 Å². The van der Waals surface area contributed by atoms with E-state index in [1.807, 2.05) is 12.1 Å². The van der Waals surface area contributed by atoms with Gasteiger partial charge in [-0.3, -0.25) is 0 Å². The molecule has 0 saturated carbocycles. The van der Waals surface area contributed by atoms with Gasteiger partial charge >= 0.3 is 0 Å². The number of aliphatic hydroxyl groups is 1. The molecule has 2 aromatic rings. The number of benzene rings is 2. The summed E-state index contributed by atoms with van der Waals surface area (Å²) in [7, 11) is -2.50. The van der Waals surface area contributed by atoms with E-state index in [1.165, 1.54) is 10.4 Å². The standard InChI is InChI=1S/C21H28O2Si/c1-5-18(16-22)17-23-24(21(2,3)4,19-12-8-6-9-13-19)20-14-10-7-11-15-20/h5-15,18,22H,1,16-17H2,2-4H3. The van der Waals surface area contributed by atoms with Crippen LogP contribution in [0.3, 0.4) is 0 Å². The number of hydrogen-bond acceptors (Lipinski definition) is 2. The van der Waals surface area contributed by atoms with Gasteiger partial charge in [-0.25, -0.2) is 0 Å². The molecule has 0 spiro atoms. The van der Waals surface area contributed by atoms with Crippen LogP contribution in [0.15, 0.2) is 73.3 Å². The van der Waals surface area contributed by atoms with Crippen molar-refractivity contribution in [1.82, 2.24) is 0 Å². The molecule has 3 heteroatoms. The fraction of sp³-hybridized carbons (Fsp3) is 0.333. The van der Waals surface area contributed by atoms with Gasteiger partial charge in [-0.15, -0.1) is 6.58 Å². The van der Waals surface area contributed by atoms with Crippen molar-refractivity contribution in [2.45, 2.75) is 25.8 Å². The molecule has 0 aromatic heterocycles. The average molecular weight is 341 g/mol. The van der Waals surface area contributed by atoms with E-state index in [-0.39, 0.29) is 17.6 Å². The number of rotatable bonds is 7. The zero-order chi connectivity index (χ0) is 17.6. The van der Waals surface area contributed by atoms with Crippen molar-refractivity contribution < 1.29 is 9.53 Å². The van der Waals surface area contributed by atoms with Crippen LogP contribution < -0.4 is 10.4 Å². The first-order valence-electron chi connectivity index (χ1n) is 8.44. The highest BCUT2D eigenvalue weighted by Gasteiger charge is 2.50. The predicted molar refractivity (Wildman–Crippen MR) is 104 cm³/mol.